The summed E-state index contributed by atoms with van der Waals surface area (Å²) < 4.78 is 0. The molecule has 17 heavy (non-hydrogen) atoms. The summed E-state index contributed by atoms with van der Waals surface area (Å²) >= 11 is 0. The van der Waals surface area contributed by atoms with Gasteiger partial charge in [-0.3, -0.25) is 0 Å². The van der Waals surface area contributed by atoms with Crippen molar-refractivity contribution in [3.05, 3.63) is 0 Å². The van der Waals surface area contributed by atoms with Crippen molar-refractivity contribution in [2.45, 2.75) is 49.8 Å². The zero-order valence-corrected chi connectivity index (χ0v) is 9.99. The topological polar surface area (TPSA) is 94.4 Å². The van der Waals surface area contributed by atoms with Crippen LogP contribution >= 0.6 is 0 Å². The number of hydrogen-bond acceptors (Lipinski definition) is 7. The van der Waals surface area contributed by atoms with E-state index in [0.717, 1.165) is 0 Å². The third-order valence-corrected chi connectivity index (χ3v) is 4.76. The maximum Gasteiger partial charge on any atom is 0.270 e. The van der Waals surface area contributed by atoms with Crippen LogP contribution in [0.2, 0.25) is 0 Å². The lowest BCUT2D eigenvalue weighted by atomic mass is 9.56. The summed E-state index contributed by atoms with van der Waals surface area (Å²) in [4.78, 5) is 0. The second-order valence-corrected chi connectivity index (χ2v) is 5.84. The van der Waals surface area contributed by atoms with Gasteiger partial charge in [0.25, 0.3) is 5.66 Å². The average molecular weight is 234 g/mol. The SMILES string of the molecule is CC(C)[C@@]12N=N[C@@]1(O)C[C@@H](C)C1(N=N1)C21N=N1. The second-order valence-electron chi connectivity index (χ2n) is 5.84. The van der Waals surface area contributed by atoms with Gasteiger partial charge in [0, 0.05) is 12.3 Å². The molecule has 7 nitrogen and oxygen atoms in total. The summed E-state index contributed by atoms with van der Waals surface area (Å²) in [6.07, 6.45) is 0.522. The largest absolute Gasteiger partial charge is 0.366 e. The van der Waals surface area contributed by atoms with Gasteiger partial charge in [0.15, 0.2) is 5.54 Å². The first-order valence-electron chi connectivity index (χ1n) is 5.99. The Labute approximate surface area is 98.1 Å². The van der Waals surface area contributed by atoms with Gasteiger partial charge in [-0.2, -0.15) is 30.7 Å². The van der Waals surface area contributed by atoms with E-state index in [9.17, 15) is 5.11 Å². The first-order valence-corrected chi connectivity index (χ1v) is 5.99. The van der Waals surface area contributed by atoms with Crippen molar-refractivity contribution < 1.29 is 5.11 Å². The minimum Gasteiger partial charge on any atom is -0.366 e. The van der Waals surface area contributed by atoms with E-state index in [0.29, 0.717) is 6.42 Å². The van der Waals surface area contributed by atoms with Crippen LogP contribution in [0.15, 0.2) is 30.7 Å². The van der Waals surface area contributed by atoms with Crippen LogP contribution in [0.5, 0.6) is 0 Å². The molecule has 0 bridgehead atoms. The molecule has 0 amide bonds. The highest BCUT2D eigenvalue weighted by Crippen LogP contribution is 2.72. The Balaban J connectivity index is 1.91. The number of aliphatic hydroxyl groups is 1. The smallest absolute Gasteiger partial charge is 0.270 e. The fraction of sp³-hybridized carbons (Fsp3) is 1.00. The Hall–Kier alpha value is -1.24. The quantitative estimate of drug-likeness (QED) is 0.736. The minimum absolute atomic E-state index is 0.0913. The first kappa shape index (κ1) is 9.76. The number of nitrogens with zero attached hydrogens (tertiary/aromatic N) is 6. The highest BCUT2D eigenvalue weighted by atomic mass is 16.3. The van der Waals surface area contributed by atoms with E-state index in [1.807, 2.05) is 20.8 Å². The third-order valence-electron chi connectivity index (χ3n) is 4.76. The van der Waals surface area contributed by atoms with Gasteiger partial charge in [0.05, 0.1) is 0 Å². The van der Waals surface area contributed by atoms with Gasteiger partial charge in [0.1, 0.15) is 0 Å². The molecule has 1 saturated carbocycles. The van der Waals surface area contributed by atoms with E-state index in [1.54, 1.807) is 0 Å². The molecule has 0 radical (unpaired) electrons. The first-order chi connectivity index (χ1) is 7.94. The van der Waals surface area contributed by atoms with Gasteiger partial charge in [0.2, 0.25) is 11.4 Å². The molecule has 0 unspecified atom stereocenters. The molecule has 7 heteroatoms. The van der Waals surface area contributed by atoms with Crippen LogP contribution in [0, 0.1) is 11.8 Å². The minimum atomic E-state index is -1.15. The van der Waals surface area contributed by atoms with Gasteiger partial charge < -0.3 is 5.11 Å². The van der Waals surface area contributed by atoms with Gasteiger partial charge in [-0.05, 0) is 5.92 Å². The molecule has 3 heterocycles. The van der Waals surface area contributed by atoms with Crippen LogP contribution in [-0.2, 0) is 0 Å². The lowest BCUT2D eigenvalue weighted by Gasteiger charge is -2.57. The third kappa shape index (κ3) is 0.673. The van der Waals surface area contributed by atoms with E-state index < -0.39 is 22.6 Å². The van der Waals surface area contributed by atoms with Gasteiger partial charge >= 0.3 is 0 Å². The summed E-state index contributed by atoms with van der Waals surface area (Å²) in [6, 6.07) is 0. The average Bonchev–Trinajstić information content (AvgIpc) is 3.07. The van der Waals surface area contributed by atoms with Crippen molar-refractivity contribution in [3.63, 3.8) is 0 Å². The maximum absolute atomic E-state index is 10.7. The lowest BCUT2D eigenvalue weighted by Crippen LogP contribution is -2.77. The molecular weight excluding hydrogens is 220 g/mol. The zero-order chi connectivity index (χ0) is 12.1. The van der Waals surface area contributed by atoms with Gasteiger partial charge in [-0.15, -0.1) is 0 Å². The molecule has 4 aliphatic rings. The predicted octanol–water partition coefficient (Wildman–Crippen LogP) is 1.90. The van der Waals surface area contributed by atoms with Crippen LogP contribution in [0.25, 0.3) is 0 Å². The zero-order valence-electron chi connectivity index (χ0n) is 9.99. The normalized spacial score (nSPS) is 49.6. The summed E-state index contributed by atoms with van der Waals surface area (Å²) in [7, 11) is 0. The van der Waals surface area contributed by atoms with Crippen molar-refractivity contribution >= 4 is 0 Å². The van der Waals surface area contributed by atoms with Crippen molar-refractivity contribution in [2.75, 3.05) is 0 Å². The molecule has 0 aromatic rings. The number of hydrogen-bond donors (Lipinski definition) is 1. The Bertz CT molecular complexity index is 499. The van der Waals surface area contributed by atoms with Crippen molar-refractivity contribution in [1.82, 2.24) is 0 Å². The Morgan fingerprint density at radius 2 is 1.71 bits per heavy atom. The second kappa shape index (κ2) is 2.19. The molecule has 2 spiro atoms. The molecule has 1 N–H and O–H groups in total. The number of rotatable bonds is 1. The molecule has 90 valence electrons. The van der Waals surface area contributed by atoms with Crippen molar-refractivity contribution in [3.8, 4) is 0 Å². The highest BCUT2D eigenvalue weighted by Gasteiger charge is 2.90. The maximum atomic E-state index is 10.7. The van der Waals surface area contributed by atoms with E-state index in [2.05, 4.69) is 30.7 Å². The molecule has 0 saturated heterocycles. The summed E-state index contributed by atoms with van der Waals surface area (Å²) in [6.45, 7) is 6.04. The predicted molar refractivity (Wildman–Crippen MR) is 56.3 cm³/mol. The molecule has 3 atom stereocenters. The van der Waals surface area contributed by atoms with Crippen LogP contribution in [0.4, 0.5) is 0 Å². The number of fused-ring (bicyclic) bond motifs is 3. The molecule has 1 fully saturated rings. The van der Waals surface area contributed by atoms with Gasteiger partial charge in [-0.25, -0.2) is 0 Å². The lowest BCUT2D eigenvalue weighted by molar-refractivity contribution is -0.173. The standard InChI is InChI=1S/C10H14N6O/c1-5(2)8-7(17,11-12-8)4-6(3)9(13-14-9)10(8)15-16-10/h5-6,17H,4H2,1-3H3/t6-,7-,8-/m1/s1. The summed E-state index contributed by atoms with van der Waals surface area (Å²) in [5, 5.41) is 35.7. The van der Waals surface area contributed by atoms with Crippen molar-refractivity contribution in [1.29, 1.82) is 0 Å². The van der Waals surface area contributed by atoms with Crippen molar-refractivity contribution in [2.24, 2.45) is 42.5 Å². The number of azo groups is 1. The van der Waals surface area contributed by atoms with Gasteiger partial charge in [-0.1, -0.05) is 20.8 Å². The monoisotopic (exact) mass is 234 g/mol. The molecule has 4 rings (SSSR count). The van der Waals surface area contributed by atoms with E-state index in [-0.39, 0.29) is 11.8 Å². The molecule has 3 aliphatic heterocycles. The Morgan fingerprint density at radius 1 is 1.06 bits per heavy atom. The highest BCUT2D eigenvalue weighted by molar-refractivity contribution is 5.40. The molecule has 0 aromatic carbocycles. The van der Waals surface area contributed by atoms with Crippen LogP contribution < -0.4 is 0 Å². The Kier molecular flexibility index (Phi) is 1.25. The fourth-order valence-corrected chi connectivity index (χ4v) is 3.73. The van der Waals surface area contributed by atoms with Crippen LogP contribution in [0.1, 0.15) is 27.2 Å². The summed E-state index contributed by atoms with van der Waals surface area (Å²) in [5.74, 6) is 0.184. The van der Waals surface area contributed by atoms with E-state index in [4.69, 9.17) is 0 Å². The molecule has 0 aromatic heterocycles. The van der Waals surface area contributed by atoms with Crippen LogP contribution in [0.3, 0.4) is 0 Å². The van der Waals surface area contributed by atoms with Crippen LogP contribution in [-0.4, -0.2) is 27.7 Å². The van der Waals surface area contributed by atoms with E-state index in [1.165, 1.54) is 0 Å². The Morgan fingerprint density at radius 3 is 2.06 bits per heavy atom. The molecule has 1 aliphatic carbocycles. The van der Waals surface area contributed by atoms with E-state index >= 15 is 0 Å². The fourth-order valence-electron chi connectivity index (χ4n) is 3.73. The molecular formula is C10H14N6O. The summed E-state index contributed by atoms with van der Waals surface area (Å²) in [5.41, 5.74) is -3.29.